The minimum Gasteiger partial charge on any atom is -0.427 e. The van der Waals surface area contributed by atoms with Gasteiger partial charge in [-0.05, 0) is 86.3 Å². The lowest BCUT2D eigenvalue weighted by molar-refractivity contribution is -0.135. The zero-order valence-corrected chi connectivity index (χ0v) is 21.7. The van der Waals surface area contributed by atoms with Crippen LogP contribution in [0.5, 0.6) is 0 Å². The summed E-state index contributed by atoms with van der Waals surface area (Å²) in [6.45, 7) is 4.26. The molecule has 1 N–H and O–H groups in total. The predicted molar refractivity (Wildman–Crippen MR) is 140 cm³/mol. The minimum atomic E-state index is -0.575. The van der Waals surface area contributed by atoms with Gasteiger partial charge >= 0.3 is 11.9 Å². The Morgan fingerprint density at radius 3 is 2.70 bits per heavy atom. The second-order valence-corrected chi connectivity index (χ2v) is 11.6. The summed E-state index contributed by atoms with van der Waals surface area (Å²) in [4.78, 5) is 26.7. The third kappa shape index (κ3) is 3.85. The van der Waals surface area contributed by atoms with E-state index in [0.29, 0.717) is 24.0 Å². The molecule has 1 spiro atoms. The summed E-state index contributed by atoms with van der Waals surface area (Å²) in [5, 5.41) is 9.45. The van der Waals surface area contributed by atoms with Crippen molar-refractivity contribution >= 4 is 11.9 Å². The topological polar surface area (TPSA) is 72.8 Å². The van der Waals surface area contributed by atoms with Crippen LogP contribution in [-0.4, -0.2) is 23.7 Å². The van der Waals surface area contributed by atoms with Gasteiger partial charge in [0.15, 0.2) is 0 Å². The van der Waals surface area contributed by atoms with Crippen LogP contribution in [0.2, 0.25) is 0 Å². The molecular weight excluding hydrogens is 464 g/mol. The van der Waals surface area contributed by atoms with Gasteiger partial charge in [-0.2, -0.15) is 0 Å². The molecule has 1 aromatic carbocycles. The van der Waals surface area contributed by atoms with E-state index in [2.05, 4.69) is 43.3 Å². The van der Waals surface area contributed by atoms with E-state index in [9.17, 15) is 14.7 Å². The summed E-state index contributed by atoms with van der Waals surface area (Å²) < 4.78 is 11.9. The maximum absolute atomic E-state index is 13.4. The first-order chi connectivity index (χ1) is 18.0. The first-order valence-corrected chi connectivity index (χ1v) is 13.9. The normalized spacial score (nSPS) is 33.6. The predicted octanol–water partition coefficient (Wildman–Crippen LogP) is 5.81. The van der Waals surface area contributed by atoms with Crippen molar-refractivity contribution in [3.8, 4) is 0 Å². The fourth-order valence-electron chi connectivity index (χ4n) is 7.53. The van der Waals surface area contributed by atoms with Crippen LogP contribution in [0.3, 0.4) is 0 Å². The highest BCUT2D eigenvalue weighted by molar-refractivity contribution is 5.99. The van der Waals surface area contributed by atoms with Gasteiger partial charge in [0, 0.05) is 29.2 Å². The average molecular weight is 501 g/mol. The highest BCUT2D eigenvalue weighted by atomic mass is 16.5. The summed E-state index contributed by atoms with van der Waals surface area (Å²) in [5.74, 6) is 1.78. The van der Waals surface area contributed by atoms with Gasteiger partial charge in [0.1, 0.15) is 11.5 Å². The maximum Gasteiger partial charge on any atom is 0.340 e. The molecule has 37 heavy (non-hydrogen) atoms. The molecule has 4 aliphatic carbocycles. The van der Waals surface area contributed by atoms with Crippen molar-refractivity contribution in [2.45, 2.75) is 58.8 Å². The van der Waals surface area contributed by atoms with Gasteiger partial charge in [0.2, 0.25) is 0 Å². The highest BCUT2D eigenvalue weighted by Crippen LogP contribution is 2.68. The zero-order valence-electron chi connectivity index (χ0n) is 21.7. The van der Waals surface area contributed by atoms with E-state index in [1.54, 1.807) is 0 Å². The molecule has 1 saturated carbocycles. The smallest absolute Gasteiger partial charge is 0.340 e. The van der Waals surface area contributed by atoms with Crippen molar-refractivity contribution in [2.75, 3.05) is 6.61 Å². The van der Waals surface area contributed by atoms with Crippen LogP contribution in [0, 0.1) is 35.0 Å². The Labute approximate surface area is 218 Å². The molecule has 194 valence electrons. The first-order valence-electron chi connectivity index (χ1n) is 13.9. The molecule has 1 aromatic rings. The second kappa shape index (κ2) is 9.43. The monoisotopic (exact) mass is 500 g/mol. The lowest BCUT2D eigenvalue weighted by Crippen LogP contribution is -2.50. The number of hydrogen-bond donors (Lipinski definition) is 1. The van der Waals surface area contributed by atoms with Crippen LogP contribution in [0.1, 0.15) is 57.9 Å². The Kier molecular flexibility index (Phi) is 6.22. The zero-order chi connectivity index (χ0) is 25.7. The number of hydrogen-bond acceptors (Lipinski definition) is 5. The third-order valence-electron chi connectivity index (χ3n) is 9.46. The van der Waals surface area contributed by atoms with Crippen molar-refractivity contribution in [1.82, 2.24) is 0 Å². The SMILES string of the molecule is CC[C@H](C=C1OC(=O)C2=C[C@@H]3CC[C@]12[C@H]1C2=C(CC[C@H]31)C(=CC[C@H](C)CO)OC2=O)Cc1ccccc1. The number of carbonyl (C=O) groups excluding carboxylic acids is 2. The van der Waals surface area contributed by atoms with Crippen molar-refractivity contribution in [3.05, 3.63) is 82.4 Å². The van der Waals surface area contributed by atoms with Gasteiger partial charge in [-0.1, -0.05) is 50.3 Å². The van der Waals surface area contributed by atoms with Crippen molar-refractivity contribution in [3.63, 3.8) is 0 Å². The number of aliphatic hydroxyl groups is 1. The van der Waals surface area contributed by atoms with Gasteiger partial charge in [0.25, 0.3) is 0 Å². The Hall–Kier alpha value is -2.92. The van der Waals surface area contributed by atoms with Gasteiger partial charge < -0.3 is 14.6 Å². The molecule has 6 atom stereocenters. The van der Waals surface area contributed by atoms with E-state index in [1.807, 2.05) is 19.1 Å². The lowest BCUT2D eigenvalue weighted by Gasteiger charge is -2.54. The number of ether oxygens (including phenoxy) is 2. The third-order valence-corrected chi connectivity index (χ3v) is 9.46. The highest BCUT2D eigenvalue weighted by Gasteiger charge is 2.66. The molecule has 0 amide bonds. The molecule has 2 heterocycles. The summed E-state index contributed by atoms with van der Waals surface area (Å²) >= 11 is 0. The molecule has 5 nitrogen and oxygen atoms in total. The second-order valence-electron chi connectivity index (χ2n) is 11.6. The van der Waals surface area contributed by atoms with E-state index in [0.717, 1.165) is 61.0 Å². The Morgan fingerprint density at radius 2 is 1.95 bits per heavy atom. The van der Waals surface area contributed by atoms with E-state index in [1.165, 1.54) is 5.56 Å². The molecule has 0 unspecified atom stereocenters. The molecule has 1 saturated heterocycles. The maximum atomic E-state index is 13.4. The van der Waals surface area contributed by atoms with Crippen molar-refractivity contribution in [2.24, 2.45) is 35.0 Å². The van der Waals surface area contributed by atoms with Crippen LogP contribution in [0.4, 0.5) is 0 Å². The van der Waals surface area contributed by atoms with Gasteiger partial charge in [-0.3, -0.25) is 0 Å². The molecule has 0 aromatic heterocycles. The van der Waals surface area contributed by atoms with Crippen molar-refractivity contribution < 1.29 is 24.2 Å². The van der Waals surface area contributed by atoms with E-state index >= 15 is 0 Å². The van der Waals surface area contributed by atoms with E-state index in [4.69, 9.17) is 9.47 Å². The summed E-state index contributed by atoms with van der Waals surface area (Å²) in [6, 6.07) is 10.4. The molecule has 2 fully saturated rings. The van der Waals surface area contributed by atoms with Crippen LogP contribution in [-0.2, 0) is 25.5 Å². The number of allylic oxidation sites excluding steroid dienone is 5. The molecular formula is C32H36O5. The average Bonchev–Trinajstić information content (AvgIpc) is 3.41. The molecule has 2 aliphatic heterocycles. The molecule has 6 aliphatic rings. The fraction of sp³-hybridized carbons (Fsp3) is 0.500. The van der Waals surface area contributed by atoms with Gasteiger partial charge in [-0.25, -0.2) is 9.59 Å². The summed E-state index contributed by atoms with van der Waals surface area (Å²) in [7, 11) is 0. The van der Waals surface area contributed by atoms with Gasteiger partial charge in [-0.15, -0.1) is 0 Å². The number of rotatable bonds is 7. The van der Waals surface area contributed by atoms with Gasteiger partial charge in [0.05, 0.1) is 5.41 Å². The number of carbonyl (C=O) groups is 2. The quantitative estimate of drug-likeness (QED) is 0.478. The Morgan fingerprint density at radius 1 is 1.14 bits per heavy atom. The van der Waals surface area contributed by atoms with Crippen LogP contribution in [0.25, 0.3) is 0 Å². The number of cyclic esters (lactones) is 2. The molecule has 0 radical (unpaired) electrons. The van der Waals surface area contributed by atoms with Crippen LogP contribution in [0.15, 0.2) is 76.8 Å². The number of aliphatic hydroxyl groups excluding tert-OH is 1. The first kappa shape index (κ1) is 24.4. The van der Waals surface area contributed by atoms with Crippen LogP contribution >= 0.6 is 0 Å². The van der Waals surface area contributed by atoms with E-state index < -0.39 is 5.41 Å². The molecule has 7 rings (SSSR count). The lowest BCUT2D eigenvalue weighted by atomic mass is 9.46. The number of benzene rings is 1. The Bertz CT molecular complexity index is 1230. The molecule has 5 heteroatoms. The minimum absolute atomic E-state index is 0.0874. The van der Waals surface area contributed by atoms with Crippen LogP contribution < -0.4 is 0 Å². The van der Waals surface area contributed by atoms with E-state index in [-0.39, 0.29) is 36.3 Å². The van der Waals surface area contributed by atoms with Crippen molar-refractivity contribution in [1.29, 1.82) is 0 Å². The summed E-state index contributed by atoms with van der Waals surface area (Å²) in [5.41, 5.74) is 3.23. The standard InChI is InChI=1S/C32H36O5/c1-3-20(15-21-7-5-4-6-8-21)16-27-32-14-13-22(17-25(32)30(34)37-27)23-10-11-24-26(12-9-19(2)18-33)36-31(35)28(24)29(23)32/h4-8,12,16-17,19-20,22-23,29,33H,3,9-11,13-15,18H2,1-2H3/t19-,20-,22-,23+,29+,32+/m0/s1. The number of fused-ring (bicyclic) bond motifs is 1. The summed E-state index contributed by atoms with van der Waals surface area (Å²) in [6.07, 6.45) is 12.5. The fourth-order valence-corrected chi connectivity index (χ4v) is 7.53. The number of esters is 2. The molecule has 2 bridgehead atoms. The Balaban J connectivity index is 1.42. The largest absolute Gasteiger partial charge is 0.427 e.